The van der Waals surface area contributed by atoms with Gasteiger partial charge in [-0.25, -0.2) is 0 Å². The zero-order valence-electron chi connectivity index (χ0n) is 13.1. The Labute approximate surface area is 142 Å². The summed E-state index contributed by atoms with van der Waals surface area (Å²) in [6.07, 6.45) is -2.16. The molecule has 0 saturated heterocycles. The smallest absolute Gasteiger partial charge is 0.312 e. The van der Waals surface area contributed by atoms with Gasteiger partial charge in [-0.05, 0) is 32.6 Å². The summed E-state index contributed by atoms with van der Waals surface area (Å²) in [6.45, 7) is 8.04. The van der Waals surface area contributed by atoms with E-state index < -0.39 is 11.9 Å². The lowest BCUT2D eigenvalue weighted by molar-refractivity contribution is -0.144. The van der Waals surface area contributed by atoms with Gasteiger partial charge in [0.15, 0.2) is 0 Å². The number of aryl methyl sites for hydroxylation is 1. The fourth-order valence-electron chi connectivity index (χ4n) is 2.17. The molecule has 0 aliphatic carbocycles. The molecule has 22 heavy (non-hydrogen) atoms. The predicted octanol–water partition coefficient (Wildman–Crippen LogP) is 3.10. The molecular formula is C13H25Cl2F3N4. The summed E-state index contributed by atoms with van der Waals surface area (Å²) in [6, 6.07) is 0. The maximum Gasteiger partial charge on any atom is 0.433 e. The van der Waals surface area contributed by atoms with Gasteiger partial charge in [0.25, 0.3) is 0 Å². The van der Waals surface area contributed by atoms with Crippen molar-refractivity contribution in [3.63, 3.8) is 0 Å². The molecule has 0 fully saturated rings. The third kappa shape index (κ3) is 7.17. The van der Waals surface area contributed by atoms with Crippen molar-refractivity contribution in [1.82, 2.24) is 20.0 Å². The van der Waals surface area contributed by atoms with E-state index in [9.17, 15) is 13.2 Å². The van der Waals surface area contributed by atoms with Crippen LogP contribution in [-0.2, 0) is 19.8 Å². The van der Waals surface area contributed by atoms with E-state index in [0.717, 1.165) is 30.7 Å². The van der Waals surface area contributed by atoms with E-state index in [0.29, 0.717) is 6.54 Å². The fraction of sp³-hybridized carbons (Fsp3) is 0.769. The Kier molecular flexibility index (Phi) is 12.0. The van der Waals surface area contributed by atoms with Crippen LogP contribution in [0.4, 0.5) is 13.2 Å². The zero-order valence-corrected chi connectivity index (χ0v) is 14.7. The summed E-state index contributed by atoms with van der Waals surface area (Å²) in [7, 11) is 1.31. The van der Waals surface area contributed by atoms with E-state index in [-0.39, 0.29) is 36.9 Å². The Morgan fingerprint density at radius 1 is 1.23 bits per heavy atom. The van der Waals surface area contributed by atoms with Crippen molar-refractivity contribution in [2.45, 2.75) is 33.0 Å². The van der Waals surface area contributed by atoms with Crippen LogP contribution in [0.3, 0.4) is 0 Å². The molecule has 0 saturated carbocycles. The summed E-state index contributed by atoms with van der Waals surface area (Å²) in [5.74, 6) is 0. The summed E-state index contributed by atoms with van der Waals surface area (Å²) in [4.78, 5) is 2.28. The van der Waals surface area contributed by atoms with Crippen LogP contribution in [-0.4, -0.2) is 40.9 Å². The van der Waals surface area contributed by atoms with Crippen LogP contribution in [0.25, 0.3) is 0 Å². The minimum Gasteiger partial charge on any atom is -0.312 e. The molecule has 0 amide bonds. The van der Waals surface area contributed by atoms with Crippen molar-refractivity contribution in [2.24, 2.45) is 7.05 Å². The number of halogens is 5. The molecule has 1 heterocycles. The van der Waals surface area contributed by atoms with Crippen molar-refractivity contribution in [3.05, 3.63) is 17.5 Å². The number of nitrogens with one attached hydrogen (secondary N) is 1. The highest BCUT2D eigenvalue weighted by Crippen LogP contribution is 2.31. The Bertz CT molecular complexity index is 406. The fourth-order valence-corrected chi connectivity index (χ4v) is 2.17. The van der Waals surface area contributed by atoms with Gasteiger partial charge >= 0.3 is 6.18 Å². The average molecular weight is 365 g/mol. The molecule has 1 aromatic rings. The van der Waals surface area contributed by atoms with Gasteiger partial charge in [0, 0.05) is 19.2 Å². The van der Waals surface area contributed by atoms with Crippen LogP contribution in [0, 0.1) is 0 Å². The number of hydrogen-bond donors (Lipinski definition) is 1. The monoisotopic (exact) mass is 364 g/mol. The molecular weight excluding hydrogens is 340 g/mol. The SMILES string of the molecule is CCN(CC)CCCNCc1cnn(C)c1C(F)(F)F.Cl.Cl. The summed E-state index contributed by atoms with van der Waals surface area (Å²) in [5.41, 5.74) is -0.475. The van der Waals surface area contributed by atoms with Gasteiger partial charge in [-0.2, -0.15) is 18.3 Å². The lowest BCUT2D eigenvalue weighted by atomic mass is 10.2. The number of rotatable bonds is 8. The van der Waals surface area contributed by atoms with Gasteiger partial charge in [0.05, 0.1) is 6.20 Å². The van der Waals surface area contributed by atoms with E-state index in [2.05, 4.69) is 29.2 Å². The van der Waals surface area contributed by atoms with Crippen LogP contribution >= 0.6 is 24.8 Å². The summed E-state index contributed by atoms with van der Waals surface area (Å²) < 4.78 is 39.3. The molecule has 4 nitrogen and oxygen atoms in total. The number of hydrogen-bond acceptors (Lipinski definition) is 3. The van der Waals surface area contributed by atoms with E-state index in [4.69, 9.17) is 0 Å². The van der Waals surface area contributed by atoms with Gasteiger partial charge in [0.2, 0.25) is 0 Å². The Morgan fingerprint density at radius 2 is 1.82 bits per heavy atom. The molecule has 0 aromatic carbocycles. The second-order valence-electron chi connectivity index (χ2n) is 4.70. The second-order valence-corrected chi connectivity index (χ2v) is 4.70. The Morgan fingerprint density at radius 3 is 2.32 bits per heavy atom. The van der Waals surface area contributed by atoms with E-state index >= 15 is 0 Å². The van der Waals surface area contributed by atoms with Crippen molar-refractivity contribution < 1.29 is 13.2 Å². The first-order valence-corrected chi connectivity index (χ1v) is 6.91. The number of nitrogens with zero attached hydrogens (tertiary/aromatic N) is 3. The van der Waals surface area contributed by atoms with Gasteiger partial charge in [-0.1, -0.05) is 13.8 Å². The first kappa shape index (κ1) is 23.8. The van der Waals surface area contributed by atoms with Crippen molar-refractivity contribution >= 4 is 24.8 Å². The lowest BCUT2D eigenvalue weighted by Gasteiger charge is -2.17. The Balaban J connectivity index is 0. The molecule has 1 N–H and O–H groups in total. The van der Waals surface area contributed by atoms with Crippen LogP contribution in [0.1, 0.15) is 31.5 Å². The molecule has 0 unspecified atom stereocenters. The molecule has 0 bridgehead atoms. The highest BCUT2D eigenvalue weighted by atomic mass is 35.5. The quantitative estimate of drug-likeness (QED) is 0.719. The first-order chi connectivity index (χ1) is 9.40. The number of aromatic nitrogens is 2. The van der Waals surface area contributed by atoms with Crippen molar-refractivity contribution in [2.75, 3.05) is 26.2 Å². The largest absolute Gasteiger partial charge is 0.433 e. The maximum absolute atomic E-state index is 12.8. The normalized spacial score (nSPS) is 11.2. The molecule has 0 atom stereocenters. The van der Waals surface area contributed by atoms with Crippen molar-refractivity contribution in [1.29, 1.82) is 0 Å². The van der Waals surface area contributed by atoms with Gasteiger partial charge < -0.3 is 10.2 Å². The molecule has 132 valence electrons. The molecule has 1 rings (SSSR count). The average Bonchev–Trinajstić information content (AvgIpc) is 2.75. The third-order valence-corrected chi connectivity index (χ3v) is 3.32. The number of alkyl halides is 3. The topological polar surface area (TPSA) is 33.1 Å². The highest BCUT2D eigenvalue weighted by molar-refractivity contribution is 5.85. The van der Waals surface area contributed by atoms with Crippen LogP contribution < -0.4 is 5.32 Å². The van der Waals surface area contributed by atoms with E-state index in [1.54, 1.807) is 0 Å². The lowest BCUT2D eigenvalue weighted by Crippen LogP contribution is -2.27. The van der Waals surface area contributed by atoms with Crippen LogP contribution in [0.15, 0.2) is 6.20 Å². The molecule has 9 heteroatoms. The molecule has 0 aliphatic heterocycles. The molecule has 0 aliphatic rings. The second kappa shape index (κ2) is 11.1. The molecule has 0 spiro atoms. The third-order valence-electron chi connectivity index (χ3n) is 3.32. The predicted molar refractivity (Wildman–Crippen MR) is 86.8 cm³/mol. The van der Waals surface area contributed by atoms with Crippen LogP contribution in [0.2, 0.25) is 0 Å². The Hall–Kier alpha value is -0.500. The standard InChI is InChI=1S/C13H23F3N4.2ClH/c1-4-20(5-2)8-6-7-17-9-11-10-18-19(3)12(11)13(14,15)16;;/h10,17H,4-9H2,1-3H3;2*1H. The highest BCUT2D eigenvalue weighted by Gasteiger charge is 2.36. The van der Waals surface area contributed by atoms with Gasteiger partial charge in [-0.15, -0.1) is 24.8 Å². The zero-order chi connectivity index (χ0) is 15.2. The molecule has 1 aromatic heterocycles. The van der Waals surface area contributed by atoms with Crippen LogP contribution in [0.5, 0.6) is 0 Å². The van der Waals surface area contributed by atoms with Gasteiger partial charge in [0.1, 0.15) is 5.69 Å². The summed E-state index contributed by atoms with van der Waals surface area (Å²) >= 11 is 0. The maximum atomic E-state index is 12.8. The minimum atomic E-state index is -4.36. The first-order valence-electron chi connectivity index (χ1n) is 6.91. The van der Waals surface area contributed by atoms with Crippen molar-refractivity contribution in [3.8, 4) is 0 Å². The minimum absolute atomic E-state index is 0. The summed E-state index contributed by atoms with van der Waals surface area (Å²) in [5, 5.41) is 6.74. The van der Waals surface area contributed by atoms with E-state index in [1.165, 1.54) is 13.2 Å². The molecule has 0 radical (unpaired) electrons. The van der Waals surface area contributed by atoms with Gasteiger partial charge in [-0.3, -0.25) is 4.68 Å². The van der Waals surface area contributed by atoms with E-state index in [1.807, 2.05) is 0 Å².